The molecule has 2 aromatic carbocycles. The van der Waals surface area contributed by atoms with Gasteiger partial charge >= 0.3 is 5.97 Å². The van der Waals surface area contributed by atoms with Crippen LogP contribution in [0, 0.1) is 11.3 Å². The lowest BCUT2D eigenvalue weighted by Crippen LogP contribution is -2.45. The van der Waals surface area contributed by atoms with E-state index >= 15 is 0 Å². The van der Waals surface area contributed by atoms with Crippen LogP contribution in [0.1, 0.15) is 49.5 Å². The van der Waals surface area contributed by atoms with Gasteiger partial charge in [-0.2, -0.15) is 0 Å². The van der Waals surface area contributed by atoms with Gasteiger partial charge in [-0.3, -0.25) is 14.4 Å². The summed E-state index contributed by atoms with van der Waals surface area (Å²) < 4.78 is 5.55. The van der Waals surface area contributed by atoms with Gasteiger partial charge in [0.25, 0.3) is 5.91 Å². The third-order valence-electron chi connectivity index (χ3n) is 5.37. The Kier molecular flexibility index (Phi) is 7.10. The lowest BCUT2D eigenvalue weighted by molar-refractivity contribution is -0.146. The van der Waals surface area contributed by atoms with Crippen molar-refractivity contribution in [1.82, 2.24) is 10.2 Å². The normalized spacial score (nSPS) is 14.7. The zero-order chi connectivity index (χ0) is 22.4. The number of carbonyl (C=O) groups excluding carboxylic acids is 3. The highest BCUT2D eigenvalue weighted by atomic mass is 16.5. The Balaban J connectivity index is 1.53. The third kappa shape index (κ3) is 6.17. The molecule has 1 heterocycles. The van der Waals surface area contributed by atoms with Gasteiger partial charge < -0.3 is 15.0 Å². The number of esters is 1. The second kappa shape index (κ2) is 9.77. The predicted molar refractivity (Wildman–Crippen MR) is 118 cm³/mol. The second-order valence-corrected chi connectivity index (χ2v) is 8.93. The van der Waals surface area contributed by atoms with E-state index in [0.717, 1.165) is 5.56 Å². The summed E-state index contributed by atoms with van der Waals surface area (Å²) in [6, 6.07) is 16.3. The van der Waals surface area contributed by atoms with E-state index < -0.39 is 5.41 Å². The molecule has 1 aliphatic heterocycles. The highest BCUT2D eigenvalue weighted by molar-refractivity contribution is 5.94. The highest BCUT2D eigenvalue weighted by Crippen LogP contribution is 2.25. The molecule has 6 nitrogen and oxygen atoms in total. The summed E-state index contributed by atoms with van der Waals surface area (Å²) in [7, 11) is 0. The first-order chi connectivity index (χ1) is 14.7. The fraction of sp³-hybridized carbons (Fsp3) is 0.400. The van der Waals surface area contributed by atoms with Crippen molar-refractivity contribution in [3.8, 4) is 5.75 Å². The molecule has 0 unspecified atom stereocenters. The first kappa shape index (κ1) is 22.5. The smallest absolute Gasteiger partial charge is 0.314 e. The SMILES string of the molecule is CC(C)(C)C(=O)N1CCC(C(=O)Oc2cccc(C(=O)NCc3ccccc3)c2)CC1. The average Bonchev–Trinajstić information content (AvgIpc) is 2.77. The van der Waals surface area contributed by atoms with Crippen LogP contribution in [0.4, 0.5) is 0 Å². The summed E-state index contributed by atoms with van der Waals surface area (Å²) in [6.45, 7) is 7.24. The number of rotatable bonds is 5. The topological polar surface area (TPSA) is 75.7 Å². The highest BCUT2D eigenvalue weighted by Gasteiger charge is 2.33. The molecule has 1 saturated heterocycles. The zero-order valence-electron chi connectivity index (χ0n) is 18.4. The van der Waals surface area contributed by atoms with Crippen LogP contribution in [0.25, 0.3) is 0 Å². The van der Waals surface area contributed by atoms with Gasteiger partial charge in [0, 0.05) is 30.6 Å². The molecule has 0 bridgehead atoms. The van der Waals surface area contributed by atoms with Gasteiger partial charge in [-0.1, -0.05) is 57.2 Å². The second-order valence-electron chi connectivity index (χ2n) is 8.93. The molecule has 31 heavy (non-hydrogen) atoms. The van der Waals surface area contributed by atoms with Crippen LogP contribution >= 0.6 is 0 Å². The van der Waals surface area contributed by atoms with E-state index in [9.17, 15) is 14.4 Å². The molecule has 0 saturated carbocycles. The summed E-state index contributed by atoms with van der Waals surface area (Å²) in [6.07, 6.45) is 1.16. The number of ether oxygens (including phenoxy) is 1. The molecule has 1 aliphatic rings. The van der Waals surface area contributed by atoms with Crippen LogP contribution in [0.5, 0.6) is 5.75 Å². The molecule has 0 aromatic heterocycles. The third-order valence-corrected chi connectivity index (χ3v) is 5.37. The van der Waals surface area contributed by atoms with Crippen molar-refractivity contribution < 1.29 is 19.1 Å². The molecule has 2 aromatic rings. The van der Waals surface area contributed by atoms with Crippen molar-refractivity contribution in [2.24, 2.45) is 11.3 Å². The fourth-order valence-electron chi connectivity index (χ4n) is 3.57. The predicted octanol–water partition coefficient (Wildman–Crippen LogP) is 3.81. The van der Waals surface area contributed by atoms with Crippen LogP contribution in [-0.4, -0.2) is 35.8 Å². The maximum atomic E-state index is 12.6. The van der Waals surface area contributed by atoms with Gasteiger partial charge in [-0.25, -0.2) is 0 Å². The standard InChI is InChI=1S/C25H30N2O4/c1-25(2,3)24(30)27-14-12-19(13-15-27)23(29)31-21-11-7-10-20(16-21)22(28)26-17-18-8-5-4-6-9-18/h4-11,16,19H,12-15,17H2,1-3H3,(H,26,28). The summed E-state index contributed by atoms with van der Waals surface area (Å²) in [5.74, 6) is -0.334. The maximum absolute atomic E-state index is 12.6. The van der Waals surface area contributed by atoms with Crippen LogP contribution in [0.2, 0.25) is 0 Å². The van der Waals surface area contributed by atoms with Crippen molar-refractivity contribution in [3.05, 3.63) is 65.7 Å². The first-order valence-electron chi connectivity index (χ1n) is 10.7. The van der Waals surface area contributed by atoms with Gasteiger partial charge in [-0.15, -0.1) is 0 Å². The average molecular weight is 423 g/mol. The minimum Gasteiger partial charge on any atom is -0.426 e. The minimum atomic E-state index is -0.422. The van der Waals surface area contributed by atoms with Crippen LogP contribution in [0.3, 0.4) is 0 Å². The van der Waals surface area contributed by atoms with Crippen molar-refractivity contribution >= 4 is 17.8 Å². The van der Waals surface area contributed by atoms with Gasteiger partial charge in [0.15, 0.2) is 0 Å². The Labute approximate surface area is 183 Å². The molecular formula is C25H30N2O4. The van der Waals surface area contributed by atoms with E-state index in [2.05, 4.69) is 5.32 Å². The molecule has 164 valence electrons. The summed E-state index contributed by atoms with van der Waals surface area (Å²) in [5, 5.41) is 2.87. The monoisotopic (exact) mass is 422 g/mol. The molecule has 0 aliphatic carbocycles. The Morgan fingerprint density at radius 1 is 1.00 bits per heavy atom. The number of carbonyl (C=O) groups is 3. The van der Waals surface area contributed by atoms with Gasteiger partial charge in [0.05, 0.1) is 5.92 Å². The lowest BCUT2D eigenvalue weighted by Gasteiger charge is -2.34. The summed E-state index contributed by atoms with van der Waals surface area (Å²) >= 11 is 0. The van der Waals surface area contributed by atoms with Gasteiger partial charge in [-0.05, 0) is 36.6 Å². The van der Waals surface area contributed by atoms with Crippen LogP contribution in [-0.2, 0) is 16.1 Å². The number of piperidine rings is 1. The molecule has 0 radical (unpaired) electrons. The van der Waals surface area contributed by atoms with Crippen molar-refractivity contribution in [1.29, 1.82) is 0 Å². The number of benzene rings is 2. The van der Waals surface area contributed by atoms with E-state index in [1.807, 2.05) is 56.0 Å². The first-order valence-corrected chi connectivity index (χ1v) is 10.7. The van der Waals surface area contributed by atoms with E-state index in [1.54, 1.807) is 24.3 Å². The minimum absolute atomic E-state index is 0.105. The number of nitrogens with one attached hydrogen (secondary N) is 1. The lowest BCUT2D eigenvalue weighted by atomic mass is 9.91. The molecule has 3 rings (SSSR count). The Bertz CT molecular complexity index is 926. The van der Waals surface area contributed by atoms with E-state index in [1.165, 1.54) is 0 Å². The fourth-order valence-corrected chi connectivity index (χ4v) is 3.57. The Morgan fingerprint density at radius 2 is 1.68 bits per heavy atom. The van der Waals surface area contributed by atoms with Crippen LogP contribution in [0.15, 0.2) is 54.6 Å². The zero-order valence-corrected chi connectivity index (χ0v) is 18.4. The van der Waals surface area contributed by atoms with E-state index in [-0.39, 0.29) is 23.7 Å². The molecular weight excluding hydrogens is 392 g/mol. The molecule has 0 atom stereocenters. The number of hydrogen-bond donors (Lipinski definition) is 1. The largest absolute Gasteiger partial charge is 0.426 e. The van der Waals surface area contributed by atoms with Crippen molar-refractivity contribution in [2.45, 2.75) is 40.2 Å². The molecule has 1 N–H and O–H groups in total. The summed E-state index contributed by atoms with van der Waals surface area (Å²) in [5.41, 5.74) is 1.02. The maximum Gasteiger partial charge on any atom is 0.314 e. The van der Waals surface area contributed by atoms with Crippen molar-refractivity contribution in [3.63, 3.8) is 0 Å². The summed E-state index contributed by atoms with van der Waals surface area (Å²) in [4.78, 5) is 39.3. The molecule has 6 heteroatoms. The van der Waals surface area contributed by atoms with E-state index in [0.29, 0.717) is 43.8 Å². The Morgan fingerprint density at radius 3 is 2.32 bits per heavy atom. The van der Waals surface area contributed by atoms with Crippen LogP contribution < -0.4 is 10.1 Å². The van der Waals surface area contributed by atoms with Gasteiger partial charge in [0.2, 0.25) is 5.91 Å². The number of nitrogens with zero attached hydrogens (tertiary/aromatic N) is 1. The number of likely N-dealkylation sites (tertiary alicyclic amines) is 1. The number of hydrogen-bond acceptors (Lipinski definition) is 4. The van der Waals surface area contributed by atoms with Crippen molar-refractivity contribution in [2.75, 3.05) is 13.1 Å². The molecule has 0 spiro atoms. The number of amides is 2. The van der Waals surface area contributed by atoms with Gasteiger partial charge in [0.1, 0.15) is 5.75 Å². The molecule has 2 amide bonds. The molecule has 1 fully saturated rings. The Hall–Kier alpha value is -3.15. The quantitative estimate of drug-likeness (QED) is 0.587. The van der Waals surface area contributed by atoms with E-state index in [4.69, 9.17) is 4.74 Å².